The Morgan fingerprint density at radius 2 is 1.89 bits per heavy atom. The van der Waals surface area contributed by atoms with Crippen molar-refractivity contribution in [3.63, 3.8) is 0 Å². The number of carbonyl (C=O) groups is 1. The number of nitrogens with zero attached hydrogens (tertiary/aromatic N) is 1. The Kier molecular flexibility index (Phi) is 2.90. The number of benzene rings is 2. The first kappa shape index (κ1) is 12.0. The summed E-state index contributed by atoms with van der Waals surface area (Å²) in [7, 11) is 0. The van der Waals surface area contributed by atoms with E-state index in [1.165, 1.54) is 0 Å². The average Bonchev–Trinajstić information content (AvgIpc) is 3.23. The van der Waals surface area contributed by atoms with Crippen molar-refractivity contribution < 1.29 is 9.90 Å². The zero-order chi connectivity index (χ0) is 13.4. The van der Waals surface area contributed by atoms with Crippen molar-refractivity contribution in [3.05, 3.63) is 42.0 Å². The second kappa shape index (κ2) is 4.57. The van der Waals surface area contributed by atoms with Gasteiger partial charge in [-0.25, -0.2) is 0 Å². The molecule has 3 nitrogen and oxygen atoms in total. The third kappa shape index (κ3) is 2.16. The van der Waals surface area contributed by atoms with Gasteiger partial charge in [0, 0.05) is 12.6 Å². The zero-order valence-corrected chi connectivity index (χ0v) is 11.0. The fourth-order valence-electron chi connectivity index (χ4n) is 2.51. The summed E-state index contributed by atoms with van der Waals surface area (Å²) in [5, 5.41) is 12.0. The van der Waals surface area contributed by atoms with E-state index < -0.39 is 0 Å². The van der Waals surface area contributed by atoms with Crippen LogP contribution in [0.1, 0.15) is 30.1 Å². The SMILES string of the molecule is CCN(C(=O)c1cc2ccccc2cc1O)C1CC1. The van der Waals surface area contributed by atoms with Crippen LogP contribution in [0.5, 0.6) is 5.75 Å². The van der Waals surface area contributed by atoms with Crippen LogP contribution in [0.15, 0.2) is 36.4 Å². The summed E-state index contributed by atoms with van der Waals surface area (Å²) < 4.78 is 0. The Balaban J connectivity index is 2.03. The van der Waals surface area contributed by atoms with Gasteiger partial charge in [0.25, 0.3) is 5.91 Å². The van der Waals surface area contributed by atoms with E-state index in [9.17, 15) is 9.90 Å². The topological polar surface area (TPSA) is 40.5 Å². The van der Waals surface area contributed by atoms with Crippen molar-refractivity contribution in [1.29, 1.82) is 0 Å². The molecule has 0 aromatic heterocycles. The minimum atomic E-state index is -0.0618. The van der Waals surface area contributed by atoms with Crippen LogP contribution in [0.2, 0.25) is 0 Å². The highest BCUT2D eigenvalue weighted by Gasteiger charge is 2.32. The first-order valence-electron chi connectivity index (χ1n) is 6.73. The summed E-state index contributed by atoms with van der Waals surface area (Å²) in [6, 6.07) is 11.6. The standard InChI is InChI=1S/C16H17NO2/c1-2-17(13-7-8-13)16(19)14-9-11-5-3-4-6-12(11)10-15(14)18/h3-6,9-10,13,18H,2,7-8H2,1H3. The van der Waals surface area contributed by atoms with Crippen molar-refractivity contribution in [1.82, 2.24) is 4.90 Å². The largest absolute Gasteiger partial charge is 0.507 e. The normalized spacial score (nSPS) is 14.6. The highest BCUT2D eigenvalue weighted by atomic mass is 16.3. The fourth-order valence-corrected chi connectivity index (χ4v) is 2.51. The molecule has 19 heavy (non-hydrogen) atoms. The molecule has 1 aliphatic rings. The molecular weight excluding hydrogens is 238 g/mol. The maximum absolute atomic E-state index is 12.5. The van der Waals surface area contributed by atoms with E-state index in [-0.39, 0.29) is 11.7 Å². The van der Waals surface area contributed by atoms with Crippen molar-refractivity contribution >= 4 is 16.7 Å². The predicted molar refractivity (Wildman–Crippen MR) is 75.3 cm³/mol. The van der Waals surface area contributed by atoms with E-state index in [0.29, 0.717) is 18.2 Å². The summed E-state index contributed by atoms with van der Waals surface area (Å²) in [6.07, 6.45) is 2.15. The molecule has 3 heteroatoms. The maximum Gasteiger partial charge on any atom is 0.257 e. The molecule has 1 fully saturated rings. The lowest BCUT2D eigenvalue weighted by molar-refractivity contribution is 0.0749. The molecule has 1 aliphatic carbocycles. The number of aromatic hydroxyl groups is 1. The Morgan fingerprint density at radius 1 is 1.26 bits per heavy atom. The van der Waals surface area contributed by atoms with Gasteiger partial charge in [-0.1, -0.05) is 24.3 Å². The van der Waals surface area contributed by atoms with Gasteiger partial charge < -0.3 is 10.0 Å². The predicted octanol–water partition coefficient (Wildman–Crippen LogP) is 3.17. The number of phenols is 1. The number of phenolic OH excluding ortho intramolecular Hbond substituents is 1. The molecule has 0 unspecified atom stereocenters. The molecule has 1 saturated carbocycles. The van der Waals surface area contributed by atoms with Gasteiger partial charge in [-0.15, -0.1) is 0 Å². The van der Waals surface area contributed by atoms with Crippen LogP contribution in [0.3, 0.4) is 0 Å². The van der Waals surface area contributed by atoms with Crippen molar-refractivity contribution in [2.45, 2.75) is 25.8 Å². The maximum atomic E-state index is 12.5. The van der Waals surface area contributed by atoms with E-state index in [0.717, 1.165) is 23.6 Å². The molecule has 98 valence electrons. The van der Waals surface area contributed by atoms with Crippen molar-refractivity contribution in [2.75, 3.05) is 6.54 Å². The molecule has 2 aromatic carbocycles. The molecule has 0 atom stereocenters. The molecule has 3 rings (SSSR count). The van der Waals surface area contributed by atoms with Gasteiger partial charge in [0.05, 0.1) is 5.56 Å². The van der Waals surface area contributed by atoms with Crippen LogP contribution in [0, 0.1) is 0 Å². The van der Waals surface area contributed by atoms with Gasteiger partial charge in [0.1, 0.15) is 5.75 Å². The van der Waals surface area contributed by atoms with E-state index in [1.807, 2.05) is 36.1 Å². The first-order chi connectivity index (χ1) is 9.20. The molecule has 2 aromatic rings. The molecule has 0 radical (unpaired) electrons. The second-order valence-corrected chi connectivity index (χ2v) is 5.04. The monoisotopic (exact) mass is 255 g/mol. The molecular formula is C16H17NO2. The average molecular weight is 255 g/mol. The third-order valence-electron chi connectivity index (χ3n) is 3.68. The highest BCUT2D eigenvalue weighted by molar-refractivity contribution is 6.01. The lowest BCUT2D eigenvalue weighted by atomic mass is 10.0. The van der Waals surface area contributed by atoms with E-state index in [4.69, 9.17) is 0 Å². The van der Waals surface area contributed by atoms with E-state index >= 15 is 0 Å². The zero-order valence-electron chi connectivity index (χ0n) is 11.0. The smallest absolute Gasteiger partial charge is 0.257 e. The van der Waals surface area contributed by atoms with Gasteiger partial charge in [0.15, 0.2) is 0 Å². The lowest BCUT2D eigenvalue weighted by Gasteiger charge is -2.21. The number of rotatable bonds is 3. The molecule has 1 N–H and O–H groups in total. The summed E-state index contributed by atoms with van der Waals surface area (Å²) >= 11 is 0. The molecule has 1 amide bonds. The van der Waals surface area contributed by atoms with Crippen LogP contribution in [-0.2, 0) is 0 Å². The first-order valence-corrected chi connectivity index (χ1v) is 6.73. The van der Waals surface area contributed by atoms with Crippen molar-refractivity contribution in [3.8, 4) is 5.75 Å². The Bertz CT molecular complexity index is 632. The van der Waals surface area contributed by atoms with Gasteiger partial charge >= 0.3 is 0 Å². The van der Waals surface area contributed by atoms with E-state index in [2.05, 4.69) is 0 Å². The molecule has 0 aliphatic heterocycles. The van der Waals surface area contributed by atoms with Crippen LogP contribution in [0.25, 0.3) is 10.8 Å². The number of fused-ring (bicyclic) bond motifs is 1. The third-order valence-corrected chi connectivity index (χ3v) is 3.68. The van der Waals surface area contributed by atoms with Gasteiger partial charge in [-0.2, -0.15) is 0 Å². The lowest BCUT2D eigenvalue weighted by Crippen LogP contribution is -2.32. The summed E-state index contributed by atoms with van der Waals surface area (Å²) in [6.45, 7) is 2.67. The molecule has 0 spiro atoms. The van der Waals surface area contributed by atoms with Gasteiger partial charge in [-0.05, 0) is 42.7 Å². The number of carbonyl (C=O) groups excluding carboxylic acids is 1. The molecule has 0 bridgehead atoms. The van der Waals surface area contributed by atoms with Gasteiger partial charge in [0.2, 0.25) is 0 Å². The Labute approximate surface area is 112 Å². The molecule has 0 heterocycles. The van der Waals surface area contributed by atoms with Crippen LogP contribution in [-0.4, -0.2) is 28.5 Å². The quantitative estimate of drug-likeness (QED) is 0.915. The highest BCUT2D eigenvalue weighted by Crippen LogP contribution is 2.31. The van der Waals surface area contributed by atoms with Crippen LogP contribution in [0.4, 0.5) is 0 Å². The summed E-state index contributed by atoms with van der Waals surface area (Å²) in [5.41, 5.74) is 0.410. The Morgan fingerprint density at radius 3 is 2.47 bits per heavy atom. The summed E-state index contributed by atoms with van der Waals surface area (Å²) in [4.78, 5) is 14.3. The summed E-state index contributed by atoms with van der Waals surface area (Å²) in [5.74, 6) is 0.0102. The molecule has 0 saturated heterocycles. The van der Waals surface area contributed by atoms with Crippen molar-refractivity contribution in [2.24, 2.45) is 0 Å². The van der Waals surface area contributed by atoms with E-state index in [1.54, 1.807) is 12.1 Å². The number of hydrogen-bond donors (Lipinski definition) is 1. The number of amides is 1. The fraction of sp³-hybridized carbons (Fsp3) is 0.312. The second-order valence-electron chi connectivity index (χ2n) is 5.04. The number of hydrogen-bond acceptors (Lipinski definition) is 2. The van der Waals surface area contributed by atoms with Crippen LogP contribution >= 0.6 is 0 Å². The minimum Gasteiger partial charge on any atom is -0.507 e. The Hall–Kier alpha value is -2.03. The van der Waals surface area contributed by atoms with Gasteiger partial charge in [-0.3, -0.25) is 4.79 Å². The van der Waals surface area contributed by atoms with Crippen LogP contribution < -0.4 is 0 Å². The minimum absolute atomic E-state index is 0.0618.